The molecule has 8 heteroatoms. The van der Waals surface area contributed by atoms with Crippen molar-refractivity contribution < 1.29 is 4.79 Å². The van der Waals surface area contributed by atoms with Crippen LogP contribution in [0, 0.1) is 0 Å². The summed E-state index contributed by atoms with van der Waals surface area (Å²) < 4.78 is 1.91. The second-order valence-electron chi connectivity index (χ2n) is 12.6. The van der Waals surface area contributed by atoms with Crippen molar-refractivity contribution in [3.63, 3.8) is 0 Å². The van der Waals surface area contributed by atoms with E-state index in [9.17, 15) is 9.59 Å². The molecule has 5 rings (SSSR count). The Balaban J connectivity index is 1.34. The molecule has 2 fully saturated rings. The van der Waals surface area contributed by atoms with Crippen molar-refractivity contribution in [2.24, 2.45) is 0 Å². The molecule has 1 N–H and O–H groups in total. The molecule has 0 aliphatic carbocycles. The number of likely N-dealkylation sites (tertiary alicyclic amines) is 1. The number of nitrogens with one attached hydrogen (secondary N) is 1. The van der Waals surface area contributed by atoms with Gasteiger partial charge in [0.15, 0.2) is 0 Å². The second kappa shape index (κ2) is 14.1. The highest BCUT2D eigenvalue weighted by Gasteiger charge is 2.31. The zero-order valence-corrected chi connectivity index (χ0v) is 26.8. The van der Waals surface area contributed by atoms with Gasteiger partial charge in [-0.2, -0.15) is 0 Å². The molecule has 2 saturated heterocycles. The minimum absolute atomic E-state index is 0.0666. The number of rotatable bonds is 10. The quantitative estimate of drug-likeness (QED) is 0.346. The molecular weight excluding hydrogens is 536 g/mol. The highest BCUT2D eigenvalue weighted by molar-refractivity contribution is 5.93. The average molecular weight is 587 g/mol. The maximum absolute atomic E-state index is 13.9. The van der Waals surface area contributed by atoms with E-state index in [0.717, 1.165) is 81.0 Å². The highest BCUT2D eigenvalue weighted by atomic mass is 16.2. The van der Waals surface area contributed by atoms with Gasteiger partial charge in [-0.3, -0.25) is 24.0 Å². The van der Waals surface area contributed by atoms with Gasteiger partial charge in [-0.1, -0.05) is 44.5 Å². The number of para-hydroxylation sites is 1. The number of piperidine rings is 1. The van der Waals surface area contributed by atoms with E-state index < -0.39 is 0 Å². The lowest BCUT2D eigenvalue weighted by Gasteiger charge is -2.41. The van der Waals surface area contributed by atoms with Crippen LogP contribution in [0.2, 0.25) is 0 Å². The van der Waals surface area contributed by atoms with Crippen LogP contribution in [-0.2, 0) is 17.9 Å². The number of hydrogen-bond donors (Lipinski definition) is 1. The Morgan fingerprint density at radius 3 is 2.35 bits per heavy atom. The summed E-state index contributed by atoms with van der Waals surface area (Å²) in [5.74, 6) is 1.09. The van der Waals surface area contributed by atoms with E-state index >= 15 is 0 Å². The predicted octanol–water partition coefficient (Wildman–Crippen LogP) is 5.35. The number of fused-ring (bicyclic) bond motifs is 1. The molecule has 1 unspecified atom stereocenters. The van der Waals surface area contributed by atoms with Crippen LogP contribution >= 0.6 is 0 Å². The molecule has 0 spiro atoms. The summed E-state index contributed by atoms with van der Waals surface area (Å²) in [5, 5.41) is 4.35. The Hall–Kier alpha value is -3.07. The van der Waals surface area contributed by atoms with Crippen LogP contribution in [0.1, 0.15) is 84.2 Å². The van der Waals surface area contributed by atoms with Crippen molar-refractivity contribution in [3.8, 4) is 0 Å². The van der Waals surface area contributed by atoms with E-state index in [1.165, 1.54) is 0 Å². The normalized spacial score (nSPS) is 21.2. The fourth-order valence-corrected chi connectivity index (χ4v) is 7.23. The first-order chi connectivity index (χ1) is 20.8. The number of aromatic nitrogens is 2. The molecule has 3 heterocycles. The Morgan fingerprint density at radius 1 is 1.02 bits per heavy atom. The van der Waals surface area contributed by atoms with Crippen molar-refractivity contribution >= 4 is 22.5 Å². The summed E-state index contributed by atoms with van der Waals surface area (Å²) in [6.45, 7) is 15.8. The molecule has 8 nitrogen and oxygen atoms in total. The fraction of sp³-hybridized carbons (Fsp3) is 0.571. The molecular formula is C35H50N6O2. The third-order valence-electron chi connectivity index (χ3n) is 9.18. The standard InChI is InChI=1S/C35H50N6O2/c1-6-12-32(39-22-25(4)36-26(5)23-39)34-37-31-16-15-27(21-30(31)35(43)40(34)8-3)24-38-19-17-29(18-20-38)41(33(42)7-2)28-13-10-9-11-14-28/h9-11,13-16,21,25-26,29,32,36H,6-8,12,17-20,22-24H2,1-5H3/t25-,26+,32?. The van der Waals surface area contributed by atoms with Crippen LogP contribution in [-0.4, -0.2) is 69.6 Å². The third kappa shape index (κ3) is 7.03. The molecule has 1 amide bonds. The lowest BCUT2D eigenvalue weighted by atomic mass is 10.0. The molecule has 0 bridgehead atoms. The van der Waals surface area contributed by atoms with E-state index in [1.54, 1.807) is 0 Å². The third-order valence-corrected chi connectivity index (χ3v) is 9.18. The zero-order valence-electron chi connectivity index (χ0n) is 26.8. The Bertz CT molecular complexity index is 1420. The number of hydrogen-bond acceptors (Lipinski definition) is 6. The molecule has 2 aliphatic heterocycles. The molecule has 1 aromatic heterocycles. The lowest BCUT2D eigenvalue weighted by molar-refractivity contribution is -0.119. The van der Waals surface area contributed by atoms with E-state index in [2.05, 4.69) is 54.9 Å². The minimum atomic E-state index is 0.0666. The van der Waals surface area contributed by atoms with Gasteiger partial charge in [0.25, 0.3) is 5.56 Å². The van der Waals surface area contributed by atoms with Gasteiger partial charge in [-0.25, -0.2) is 4.98 Å². The van der Waals surface area contributed by atoms with Crippen LogP contribution < -0.4 is 15.8 Å². The number of benzene rings is 2. The van der Waals surface area contributed by atoms with Crippen LogP contribution in [0.15, 0.2) is 53.3 Å². The molecule has 2 aromatic carbocycles. The summed E-state index contributed by atoms with van der Waals surface area (Å²) in [6, 6.07) is 17.5. The monoisotopic (exact) mass is 586 g/mol. The lowest BCUT2D eigenvalue weighted by Crippen LogP contribution is -2.55. The molecule has 43 heavy (non-hydrogen) atoms. The first-order valence-electron chi connectivity index (χ1n) is 16.5. The highest BCUT2D eigenvalue weighted by Crippen LogP contribution is 2.29. The molecule has 3 atom stereocenters. The molecule has 2 aliphatic rings. The van der Waals surface area contributed by atoms with E-state index in [-0.39, 0.29) is 23.6 Å². The first kappa shape index (κ1) is 31.4. The van der Waals surface area contributed by atoms with Crippen molar-refractivity contribution in [2.75, 3.05) is 31.1 Å². The van der Waals surface area contributed by atoms with E-state index in [0.29, 0.717) is 30.4 Å². The van der Waals surface area contributed by atoms with Crippen molar-refractivity contribution in [1.82, 2.24) is 24.7 Å². The van der Waals surface area contributed by atoms with Crippen LogP contribution in [0.4, 0.5) is 5.69 Å². The van der Waals surface area contributed by atoms with Gasteiger partial charge in [-0.05, 0) is 69.9 Å². The summed E-state index contributed by atoms with van der Waals surface area (Å²) in [7, 11) is 0. The van der Waals surface area contributed by atoms with Gasteiger partial charge < -0.3 is 10.2 Å². The van der Waals surface area contributed by atoms with E-state index in [4.69, 9.17) is 4.98 Å². The van der Waals surface area contributed by atoms with Gasteiger partial charge in [0.2, 0.25) is 5.91 Å². The summed E-state index contributed by atoms with van der Waals surface area (Å²) >= 11 is 0. The van der Waals surface area contributed by atoms with Crippen LogP contribution in [0.25, 0.3) is 10.9 Å². The van der Waals surface area contributed by atoms with Gasteiger partial charge in [-0.15, -0.1) is 0 Å². The summed E-state index contributed by atoms with van der Waals surface area (Å²) in [6.07, 6.45) is 4.40. The number of anilines is 1. The van der Waals surface area contributed by atoms with Gasteiger partial charge in [0.05, 0.1) is 16.9 Å². The first-order valence-corrected chi connectivity index (χ1v) is 16.5. The van der Waals surface area contributed by atoms with Gasteiger partial charge in [0.1, 0.15) is 5.82 Å². The SMILES string of the molecule is CCCC(c1nc2ccc(CN3CCC(N(C(=O)CC)c4ccccc4)CC3)cc2c(=O)n1CC)N1C[C@@H](C)N[C@@H](C)C1. The molecule has 0 saturated carbocycles. The second-order valence-corrected chi connectivity index (χ2v) is 12.6. The van der Waals surface area contributed by atoms with E-state index in [1.807, 2.05) is 52.8 Å². The predicted molar refractivity (Wildman–Crippen MR) is 175 cm³/mol. The Morgan fingerprint density at radius 2 is 1.72 bits per heavy atom. The number of nitrogens with zero attached hydrogens (tertiary/aromatic N) is 5. The number of carbonyl (C=O) groups is 1. The number of carbonyl (C=O) groups excluding carboxylic acids is 1. The molecule has 0 radical (unpaired) electrons. The molecule has 232 valence electrons. The fourth-order valence-electron chi connectivity index (χ4n) is 7.23. The maximum Gasteiger partial charge on any atom is 0.261 e. The molecule has 3 aromatic rings. The van der Waals surface area contributed by atoms with Crippen molar-refractivity contribution in [2.45, 2.75) is 104 Å². The summed E-state index contributed by atoms with van der Waals surface area (Å²) in [5.41, 5.74) is 2.99. The van der Waals surface area contributed by atoms with Gasteiger partial charge in [0, 0.05) is 69.5 Å². The summed E-state index contributed by atoms with van der Waals surface area (Å²) in [4.78, 5) is 39.0. The smallest absolute Gasteiger partial charge is 0.261 e. The zero-order chi connectivity index (χ0) is 30.5. The van der Waals surface area contributed by atoms with Crippen molar-refractivity contribution in [3.05, 3.63) is 70.3 Å². The van der Waals surface area contributed by atoms with Crippen LogP contribution in [0.3, 0.4) is 0 Å². The maximum atomic E-state index is 13.9. The minimum Gasteiger partial charge on any atom is -0.309 e. The average Bonchev–Trinajstić information content (AvgIpc) is 3.01. The Labute approximate surface area is 257 Å². The Kier molecular flexibility index (Phi) is 10.3. The largest absolute Gasteiger partial charge is 0.309 e. The topological polar surface area (TPSA) is 73.7 Å². The number of amides is 1. The van der Waals surface area contributed by atoms with Crippen LogP contribution in [0.5, 0.6) is 0 Å². The van der Waals surface area contributed by atoms with Crippen molar-refractivity contribution in [1.29, 1.82) is 0 Å². The van der Waals surface area contributed by atoms with Gasteiger partial charge >= 0.3 is 0 Å². The number of piperazine rings is 1.